The largest absolute Gasteiger partial charge is 0.443 e. The zero-order valence-corrected chi connectivity index (χ0v) is 16.8. The van der Waals surface area contributed by atoms with Gasteiger partial charge in [0, 0.05) is 6.20 Å². The van der Waals surface area contributed by atoms with Crippen LogP contribution in [0.25, 0.3) is 5.65 Å². The van der Waals surface area contributed by atoms with E-state index < -0.39 is 11.7 Å². The second-order valence-electron chi connectivity index (χ2n) is 6.99. The molecular weight excluding hydrogens is 396 g/mol. The van der Waals surface area contributed by atoms with Crippen molar-refractivity contribution in [2.75, 3.05) is 4.90 Å². The number of aromatic nitrogens is 3. The maximum absolute atomic E-state index is 12.9. The van der Waals surface area contributed by atoms with Crippen molar-refractivity contribution in [1.82, 2.24) is 14.6 Å². The van der Waals surface area contributed by atoms with Crippen molar-refractivity contribution in [2.24, 2.45) is 0 Å². The third-order valence-corrected chi connectivity index (χ3v) is 4.60. The van der Waals surface area contributed by atoms with Gasteiger partial charge in [-0.3, -0.25) is 4.90 Å². The van der Waals surface area contributed by atoms with Gasteiger partial charge in [-0.25, -0.2) is 9.78 Å². The van der Waals surface area contributed by atoms with Gasteiger partial charge in [-0.1, -0.05) is 30.3 Å². The van der Waals surface area contributed by atoms with Crippen molar-refractivity contribution in [1.29, 1.82) is 0 Å². The van der Waals surface area contributed by atoms with Crippen LogP contribution in [0.1, 0.15) is 32.0 Å². The summed E-state index contributed by atoms with van der Waals surface area (Å²) in [5, 5.41) is 4.51. The first kappa shape index (κ1) is 18.4. The van der Waals surface area contributed by atoms with Crippen LogP contribution in [0, 0.1) is 6.92 Å². The van der Waals surface area contributed by atoms with E-state index in [2.05, 4.69) is 26.0 Å². The number of benzene rings is 1. The summed E-state index contributed by atoms with van der Waals surface area (Å²) in [5.41, 5.74) is 1.85. The molecule has 0 fully saturated rings. The molecule has 0 radical (unpaired) electrons. The van der Waals surface area contributed by atoms with E-state index in [1.54, 1.807) is 21.7 Å². The summed E-state index contributed by atoms with van der Waals surface area (Å²) < 4.78 is 8.09. The zero-order valence-electron chi connectivity index (χ0n) is 15.2. The lowest BCUT2D eigenvalue weighted by Crippen LogP contribution is -2.37. The van der Waals surface area contributed by atoms with Crippen molar-refractivity contribution in [3.8, 4) is 0 Å². The Hall–Kier alpha value is -2.41. The number of amides is 1. The van der Waals surface area contributed by atoms with E-state index in [0.29, 0.717) is 18.0 Å². The fraction of sp³-hybridized carbons (Fsp3) is 0.316. The first-order chi connectivity index (χ1) is 12.3. The number of rotatable bonds is 3. The maximum Gasteiger partial charge on any atom is 0.416 e. The highest BCUT2D eigenvalue weighted by Crippen LogP contribution is 2.26. The molecule has 2 aromatic heterocycles. The number of ether oxygens (including phenoxy) is 1. The van der Waals surface area contributed by atoms with Gasteiger partial charge in [0.2, 0.25) is 0 Å². The number of carbonyl (C=O) groups excluding carboxylic acids is 1. The summed E-state index contributed by atoms with van der Waals surface area (Å²) in [5.74, 6) is 0.599. The van der Waals surface area contributed by atoms with Gasteiger partial charge >= 0.3 is 6.09 Å². The molecule has 0 aliphatic carbocycles. The normalized spacial score (nSPS) is 11.6. The number of anilines is 1. The smallest absolute Gasteiger partial charge is 0.416 e. The lowest BCUT2D eigenvalue weighted by atomic mass is 10.2. The van der Waals surface area contributed by atoms with Gasteiger partial charge in [-0.15, -0.1) is 0 Å². The molecule has 0 unspecified atom stereocenters. The van der Waals surface area contributed by atoms with Crippen molar-refractivity contribution >= 4 is 33.5 Å². The molecule has 1 aromatic carbocycles. The molecule has 0 aliphatic heterocycles. The van der Waals surface area contributed by atoms with Crippen LogP contribution in [0.4, 0.5) is 10.6 Å². The second kappa shape index (κ2) is 7.07. The van der Waals surface area contributed by atoms with Gasteiger partial charge < -0.3 is 4.74 Å². The molecule has 136 valence electrons. The van der Waals surface area contributed by atoms with Crippen molar-refractivity contribution in [3.05, 3.63) is 58.3 Å². The molecule has 2 heterocycles. The van der Waals surface area contributed by atoms with Gasteiger partial charge in [0.1, 0.15) is 11.4 Å². The van der Waals surface area contributed by atoms with Gasteiger partial charge in [0.15, 0.2) is 5.65 Å². The molecule has 7 heteroatoms. The summed E-state index contributed by atoms with van der Waals surface area (Å²) in [6.45, 7) is 7.80. The minimum absolute atomic E-state index is 0.366. The summed E-state index contributed by atoms with van der Waals surface area (Å²) >= 11 is 3.51. The van der Waals surface area contributed by atoms with Gasteiger partial charge in [-0.2, -0.15) is 9.61 Å². The third kappa shape index (κ3) is 3.88. The summed E-state index contributed by atoms with van der Waals surface area (Å²) in [4.78, 5) is 18.9. The van der Waals surface area contributed by atoms with Gasteiger partial charge in [0.05, 0.1) is 16.7 Å². The first-order valence-corrected chi connectivity index (χ1v) is 9.10. The lowest BCUT2D eigenvalue weighted by molar-refractivity contribution is 0.0575. The van der Waals surface area contributed by atoms with Crippen LogP contribution >= 0.6 is 15.9 Å². The monoisotopic (exact) mass is 416 g/mol. The Balaban J connectivity index is 2.08. The molecule has 3 rings (SSSR count). The Kier molecular flexibility index (Phi) is 5.00. The molecule has 3 aromatic rings. The van der Waals surface area contributed by atoms with Crippen molar-refractivity contribution in [3.63, 3.8) is 0 Å². The molecule has 6 nitrogen and oxygen atoms in total. The van der Waals surface area contributed by atoms with Crippen LogP contribution in [-0.4, -0.2) is 26.3 Å². The minimum atomic E-state index is -0.598. The van der Waals surface area contributed by atoms with Crippen LogP contribution in [0.5, 0.6) is 0 Å². The topological polar surface area (TPSA) is 59.7 Å². The highest BCUT2D eigenvalue weighted by molar-refractivity contribution is 9.10. The number of aryl methyl sites for hydroxylation is 1. The first-order valence-electron chi connectivity index (χ1n) is 8.30. The Morgan fingerprint density at radius 3 is 2.58 bits per heavy atom. The van der Waals surface area contributed by atoms with Crippen molar-refractivity contribution < 1.29 is 9.53 Å². The molecule has 0 spiro atoms. The van der Waals surface area contributed by atoms with Crippen LogP contribution in [0.15, 0.2) is 47.1 Å². The fourth-order valence-electron chi connectivity index (χ4n) is 2.54. The molecule has 0 aliphatic rings. The molecule has 0 N–H and O–H groups in total. The quantitative estimate of drug-likeness (QED) is 0.618. The maximum atomic E-state index is 12.9. The Morgan fingerprint density at radius 2 is 1.92 bits per heavy atom. The summed E-state index contributed by atoms with van der Waals surface area (Å²) in [6, 6.07) is 11.5. The highest BCUT2D eigenvalue weighted by atomic mass is 79.9. The zero-order chi connectivity index (χ0) is 18.9. The van der Waals surface area contributed by atoms with E-state index in [0.717, 1.165) is 15.7 Å². The van der Waals surface area contributed by atoms with Gasteiger partial charge in [-0.05, 0) is 55.3 Å². The standard InChI is InChI=1S/C19H21BrN4O2/c1-13-16(20)17-21-11-10-15(24(17)22-13)23(18(25)26-19(2,3)4)12-14-8-6-5-7-9-14/h5-11H,12H2,1-4H3. The molecule has 1 amide bonds. The molecule has 26 heavy (non-hydrogen) atoms. The van der Waals surface area contributed by atoms with E-state index >= 15 is 0 Å². The van der Waals surface area contributed by atoms with Crippen LogP contribution in [0.2, 0.25) is 0 Å². The van der Waals surface area contributed by atoms with E-state index in [4.69, 9.17) is 4.74 Å². The van der Waals surface area contributed by atoms with E-state index in [1.807, 2.05) is 58.0 Å². The number of carbonyl (C=O) groups is 1. The SMILES string of the molecule is Cc1nn2c(N(Cc3ccccc3)C(=O)OC(C)(C)C)ccnc2c1Br. The molecule has 0 atom stereocenters. The molecular formula is C19H21BrN4O2. The second-order valence-corrected chi connectivity index (χ2v) is 7.78. The van der Waals surface area contributed by atoms with Crippen LogP contribution < -0.4 is 4.90 Å². The highest BCUT2D eigenvalue weighted by Gasteiger charge is 2.26. The molecule has 0 bridgehead atoms. The Morgan fingerprint density at radius 1 is 1.23 bits per heavy atom. The Labute approximate surface area is 160 Å². The minimum Gasteiger partial charge on any atom is -0.443 e. The van der Waals surface area contributed by atoms with E-state index in [1.165, 1.54) is 0 Å². The van der Waals surface area contributed by atoms with Crippen LogP contribution in [-0.2, 0) is 11.3 Å². The Bertz CT molecular complexity index is 932. The predicted molar refractivity (Wildman–Crippen MR) is 104 cm³/mol. The average Bonchev–Trinajstić information content (AvgIpc) is 2.87. The van der Waals surface area contributed by atoms with Crippen LogP contribution in [0.3, 0.4) is 0 Å². The molecule has 0 saturated heterocycles. The van der Waals surface area contributed by atoms with E-state index in [9.17, 15) is 4.79 Å². The third-order valence-electron chi connectivity index (χ3n) is 3.68. The number of hydrogen-bond acceptors (Lipinski definition) is 4. The average molecular weight is 417 g/mol. The predicted octanol–water partition coefficient (Wildman–Crippen LogP) is 4.74. The summed E-state index contributed by atoms with van der Waals surface area (Å²) in [7, 11) is 0. The van der Waals surface area contributed by atoms with E-state index in [-0.39, 0.29) is 0 Å². The lowest BCUT2D eigenvalue weighted by Gasteiger charge is -2.27. The van der Waals surface area contributed by atoms with Crippen molar-refractivity contribution in [2.45, 2.75) is 39.8 Å². The number of nitrogens with zero attached hydrogens (tertiary/aromatic N) is 4. The van der Waals surface area contributed by atoms with Gasteiger partial charge in [0.25, 0.3) is 0 Å². The number of hydrogen-bond donors (Lipinski definition) is 0. The fourth-order valence-corrected chi connectivity index (χ4v) is 2.89. The number of halogens is 1. The number of fused-ring (bicyclic) bond motifs is 1. The summed E-state index contributed by atoms with van der Waals surface area (Å²) in [6.07, 6.45) is 1.23. The molecule has 0 saturated carbocycles.